The highest BCUT2D eigenvalue weighted by Crippen LogP contribution is 2.34. The topological polar surface area (TPSA) is 110 Å². The summed E-state index contributed by atoms with van der Waals surface area (Å²) in [4.78, 5) is 24.5. The molecule has 154 valence electrons. The van der Waals surface area contributed by atoms with Gasteiger partial charge in [0.15, 0.2) is 0 Å². The average Bonchev–Trinajstić information content (AvgIpc) is 2.73. The van der Waals surface area contributed by atoms with Crippen LogP contribution in [0, 0.1) is 16.0 Å². The summed E-state index contributed by atoms with van der Waals surface area (Å²) in [6, 6.07) is 4.11. The summed E-state index contributed by atoms with van der Waals surface area (Å²) in [7, 11) is -2.39. The minimum atomic E-state index is -3.74. The van der Waals surface area contributed by atoms with Gasteiger partial charge < -0.3 is 9.64 Å². The number of methoxy groups -OCH3 is 1. The lowest BCUT2D eigenvalue weighted by Gasteiger charge is -2.32. The molecule has 0 radical (unpaired) electrons. The maximum atomic E-state index is 12.8. The van der Waals surface area contributed by atoms with Crippen LogP contribution in [-0.2, 0) is 19.6 Å². The summed E-state index contributed by atoms with van der Waals surface area (Å²) >= 11 is 0. The van der Waals surface area contributed by atoms with Crippen molar-refractivity contribution in [3.8, 4) is 0 Å². The number of rotatable bonds is 5. The fraction of sp³-hybridized carbons (Fsp3) is 0.611. The van der Waals surface area contributed by atoms with Crippen molar-refractivity contribution in [2.75, 3.05) is 38.2 Å². The number of ether oxygens (including phenoxy) is 1. The molecular weight excluding hydrogens is 386 g/mol. The highest BCUT2D eigenvalue weighted by molar-refractivity contribution is 7.89. The summed E-state index contributed by atoms with van der Waals surface area (Å²) < 4.78 is 31.8. The molecule has 2 heterocycles. The Labute approximate surface area is 164 Å². The minimum absolute atomic E-state index is 0.0469. The van der Waals surface area contributed by atoms with Crippen LogP contribution < -0.4 is 4.90 Å². The van der Waals surface area contributed by atoms with E-state index in [0.29, 0.717) is 44.7 Å². The Balaban J connectivity index is 1.84. The monoisotopic (exact) mass is 411 g/mol. The standard InChI is InChI=1S/C18H25N3O6S/c1-27-18(22)14-7-11-19(12-8-14)16-6-5-15(13-17(16)21(23)24)28(25,26)20-9-3-2-4-10-20/h5-6,13-14H,2-4,7-12H2,1H3. The van der Waals surface area contributed by atoms with Crippen LogP contribution in [0.25, 0.3) is 0 Å². The van der Waals surface area contributed by atoms with Gasteiger partial charge in [0.1, 0.15) is 5.69 Å². The Morgan fingerprint density at radius 1 is 1.14 bits per heavy atom. The number of nitrogens with zero attached hydrogens (tertiary/aromatic N) is 3. The van der Waals surface area contributed by atoms with Gasteiger partial charge in [-0.3, -0.25) is 14.9 Å². The van der Waals surface area contributed by atoms with Gasteiger partial charge in [-0.15, -0.1) is 0 Å². The van der Waals surface area contributed by atoms with Crippen LogP contribution in [0.5, 0.6) is 0 Å². The first kappa shape index (κ1) is 20.5. The molecule has 2 saturated heterocycles. The fourth-order valence-electron chi connectivity index (χ4n) is 3.85. The Hall–Kier alpha value is -2.20. The van der Waals surface area contributed by atoms with Gasteiger partial charge in [-0.2, -0.15) is 4.31 Å². The van der Waals surface area contributed by atoms with Crippen LogP contribution in [0.3, 0.4) is 0 Å². The van der Waals surface area contributed by atoms with Crippen molar-refractivity contribution in [2.24, 2.45) is 5.92 Å². The largest absolute Gasteiger partial charge is 0.469 e. The summed E-state index contributed by atoms with van der Waals surface area (Å²) in [6.07, 6.45) is 3.67. The zero-order chi connectivity index (χ0) is 20.3. The Kier molecular flexibility index (Phi) is 6.19. The molecule has 0 saturated carbocycles. The second-order valence-corrected chi connectivity index (χ2v) is 9.09. The van der Waals surface area contributed by atoms with E-state index in [9.17, 15) is 23.3 Å². The number of hydrogen-bond acceptors (Lipinski definition) is 7. The number of carbonyl (C=O) groups is 1. The van der Waals surface area contributed by atoms with E-state index in [1.165, 1.54) is 23.5 Å². The second kappa shape index (κ2) is 8.44. The summed E-state index contributed by atoms with van der Waals surface area (Å²) in [5.74, 6) is -0.476. The van der Waals surface area contributed by atoms with Gasteiger partial charge >= 0.3 is 5.97 Å². The number of hydrogen-bond donors (Lipinski definition) is 0. The smallest absolute Gasteiger partial charge is 0.308 e. The molecule has 0 spiro atoms. The zero-order valence-corrected chi connectivity index (χ0v) is 16.7. The molecule has 0 amide bonds. The molecule has 10 heteroatoms. The van der Waals surface area contributed by atoms with Gasteiger partial charge in [0.25, 0.3) is 5.69 Å². The van der Waals surface area contributed by atoms with Gasteiger partial charge in [-0.1, -0.05) is 6.42 Å². The Bertz CT molecular complexity index is 843. The number of carbonyl (C=O) groups excluding carboxylic acids is 1. The summed E-state index contributed by atoms with van der Waals surface area (Å²) in [5.41, 5.74) is 0.153. The molecule has 0 N–H and O–H groups in total. The lowest BCUT2D eigenvalue weighted by Crippen LogP contribution is -2.37. The molecule has 28 heavy (non-hydrogen) atoms. The molecule has 9 nitrogen and oxygen atoms in total. The number of anilines is 1. The van der Waals surface area contributed by atoms with Crippen molar-refractivity contribution in [1.29, 1.82) is 0 Å². The number of benzene rings is 1. The molecule has 0 atom stereocenters. The number of nitro groups is 1. The van der Waals surface area contributed by atoms with Gasteiger partial charge in [0.2, 0.25) is 10.0 Å². The van der Waals surface area contributed by atoms with Crippen LogP contribution in [0.2, 0.25) is 0 Å². The maximum absolute atomic E-state index is 12.8. The van der Waals surface area contributed by atoms with Crippen molar-refractivity contribution in [3.63, 3.8) is 0 Å². The van der Waals surface area contributed by atoms with Crippen LogP contribution in [0.15, 0.2) is 23.1 Å². The molecule has 2 aliphatic heterocycles. The third kappa shape index (κ3) is 4.12. The second-order valence-electron chi connectivity index (χ2n) is 7.16. The predicted molar refractivity (Wildman–Crippen MR) is 103 cm³/mol. The van der Waals surface area contributed by atoms with E-state index in [2.05, 4.69) is 0 Å². The van der Waals surface area contributed by atoms with Crippen LogP contribution in [0.1, 0.15) is 32.1 Å². The number of sulfonamides is 1. The molecule has 0 unspecified atom stereocenters. The first-order chi connectivity index (χ1) is 13.3. The van der Waals surface area contributed by atoms with Crippen molar-refractivity contribution in [3.05, 3.63) is 28.3 Å². The molecule has 2 aliphatic rings. The van der Waals surface area contributed by atoms with Crippen molar-refractivity contribution < 1.29 is 22.9 Å². The number of esters is 1. The lowest BCUT2D eigenvalue weighted by molar-refractivity contribution is -0.384. The SMILES string of the molecule is COC(=O)C1CCN(c2ccc(S(=O)(=O)N3CCCCC3)cc2[N+](=O)[O-])CC1. The molecule has 2 fully saturated rings. The van der Waals surface area contributed by atoms with E-state index in [4.69, 9.17) is 4.74 Å². The van der Waals surface area contributed by atoms with Crippen LogP contribution >= 0.6 is 0 Å². The Morgan fingerprint density at radius 2 is 1.79 bits per heavy atom. The van der Waals surface area contributed by atoms with Crippen molar-refractivity contribution in [2.45, 2.75) is 37.0 Å². The average molecular weight is 411 g/mol. The van der Waals surface area contributed by atoms with Crippen molar-refractivity contribution >= 4 is 27.4 Å². The normalized spacial score (nSPS) is 19.4. The molecule has 0 aromatic heterocycles. The van der Waals surface area contributed by atoms with Crippen LogP contribution in [-0.4, -0.2) is 56.9 Å². The first-order valence-electron chi connectivity index (χ1n) is 9.46. The molecule has 1 aromatic carbocycles. The molecule has 0 bridgehead atoms. The summed E-state index contributed by atoms with van der Waals surface area (Å²) in [6.45, 7) is 1.83. The summed E-state index contributed by atoms with van der Waals surface area (Å²) in [5, 5.41) is 11.6. The van der Waals surface area contributed by atoms with Gasteiger partial charge in [-0.05, 0) is 37.8 Å². The van der Waals surface area contributed by atoms with E-state index >= 15 is 0 Å². The Morgan fingerprint density at radius 3 is 2.36 bits per heavy atom. The number of nitro benzene ring substituents is 1. The highest BCUT2D eigenvalue weighted by Gasteiger charge is 2.32. The van der Waals surface area contributed by atoms with Crippen LogP contribution in [0.4, 0.5) is 11.4 Å². The van der Waals surface area contributed by atoms with Gasteiger partial charge in [0.05, 0.1) is 22.8 Å². The van der Waals surface area contributed by atoms with E-state index in [0.717, 1.165) is 25.3 Å². The quantitative estimate of drug-likeness (QED) is 0.415. The number of piperidine rings is 2. The molecular formula is C18H25N3O6S. The zero-order valence-electron chi connectivity index (χ0n) is 15.9. The minimum Gasteiger partial charge on any atom is -0.469 e. The van der Waals surface area contributed by atoms with Gasteiger partial charge in [-0.25, -0.2) is 8.42 Å². The predicted octanol–water partition coefficient (Wildman–Crippen LogP) is 2.16. The first-order valence-corrected chi connectivity index (χ1v) is 10.9. The highest BCUT2D eigenvalue weighted by atomic mass is 32.2. The molecule has 0 aliphatic carbocycles. The van der Waals surface area contributed by atoms with E-state index in [1.54, 1.807) is 0 Å². The molecule has 1 aromatic rings. The van der Waals surface area contributed by atoms with Crippen molar-refractivity contribution in [1.82, 2.24) is 4.31 Å². The van der Waals surface area contributed by atoms with E-state index in [-0.39, 0.29) is 22.5 Å². The fourth-order valence-corrected chi connectivity index (χ4v) is 5.39. The molecule has 3 rings (SSSR count). The van der Waals surface area contributed by atoms with E-state index < -0.39 is 14.9 Å². The maximum Gasteiger partial charge on any atom is 0.308 e. The lowest BCUT2D eigenvalue weighted by atomic mass is 9.96. The van der Waals surface area contributed by atoms with Gasteiger partial charge in [0, 0.05) is 32.2 Å². The third-order valence-electron chi connectivity index (χ3n) is 5.47. The third-order valence-corrected chi connectivity index (χ3v) is 7.36. The van der Waals surface area contributed by atoms with E-state index in [1.807, 2.05) is 4.90 Å².